The summed E-state index contributed by atoms with van der Waals surface area (Å²) in [6.45, 7) is -0.200. The van der Waals surface area contributed by atoms with Gasteiger partial charge < -0.3 is 9.84 Å². The van der Waals surface area contributed by atoms with Crippen LogP contribution in [0.25, 0.3) is 0 Å². The summed E-state index contributed by atoms with van der Waals surface area (Å²) in [5.74, 6) is -1.08. The summed E-state index contributed by atoms with van der Waals surface area (Å²) in [6.07, 6.45) is 0. The molecule has 0 radical (unpaired) electrons. The van der Waals surface area contributed by atoms with Crippen LogP contribution in [0.5, 0.6) is 0 Å². The number of esters is 1. The second kappa shape index (κ2) is 7.87. The van der Waals surface area contributed by atoms with E-state index in [1.807, 2.05) is 4.72 Å². The Morgan fingerprint density at radius 2 is 1.81 bits per heavy atom. The molecule has 2 aromatic carbocycles. The second-order valence-corrected chi connectivity index (χ2v) is 7.72. The smallest absolute Gasteiger partial charge is 0.338 e. The van der Waals surface area contributed by atoms with Gasteiger partial charge in [-0.15, -0.1) is 0 Å². The fraction of sp³-hybridized carbons (Fsp3) is 0.222. The molecule has 3 rings (SSSR count). The van der Waals surface area contributed by atoms with Gasteiger partial charge in [-0.05, 0) is 28.8 Å². The minimum absolute atomic E-state index is 0.0321. The average Bonchev–Trinajstić information content (AvgIpc) is 2.91. The zero-order chi connectivity index (χ0) is 19.4. The van der Waals surface area contributed by atoms with Gasteiger partial charge in [-0.2, -0.15) is 12.7 Å². The Kier molecular flexibility index (Phi) is 5.54. The number of aliphatic hydroxyl groups is 1. The fourth-order valence-corrected chi connectivity index (χ4v) is 3.71. The van der Waals surface area contributed by atoms with Crippen LogP contribution >= 0.6 is 0 Å². The number of rotatable bonds is 6. The lowest BCUT2D eigenvalue weighted by atomic mass is 10.1. The van der Waals surface area contributed by atoms with Crippen molar-refractivity contribution in [3.63, 3.8) is 0 Å². The van der Waals surface area contributed by atoms with Gasteiger partial charge in [-0.3, -0.25) is 4.79 Å². The van der Waals surface area contributed by atoms with Crippen molar-refractivity contribution in [1.29, 1.82) is 0 Å². The second-order valence-electron chi connectivity index (χ2n) is 6.05. The molecule has 2 N–H and O–H groups in total. The van der Waals surface area contributed by atoms with Crippen LogP contribution in [0.1, 0.15) is 27.0 Å². The summed E-state index contributed by atoms with van der Waals surface area (Å²) in [6, 6.07) is 13.4. The Morgan fingerprint density at radius 1 is 1.11 bits per heavy atom. The summed E-state index contributed by atoms with van der Waals surface area (Å²) in [4.78, 5) is 23.4. The molecule has 2 aromatic rings. The van der Waals surface area contributed by atoms with Crippen LogP contribution in [0.3, 0.4) is 0 Å². The van der Waals surface area contributed by atoms with Crippen LogP contribution in [-0.4, -0.2) is 36.3 Å². The van der Waals surface area contributed by atoms with E-state index in [2.05, 4.69) is 0 Å². The highest BCUT2D eigenvalue weighted by Crippen LogP contribution is 2.14. The zero-order valence-corrected chi connectivity index (χ0v) is 15.1. The summed E-state index contributed by atoms with van der Waals surface area (Å²) in [5, 5.41) is 9.12. The van der Waals surface area contributed by atoms with Crippen LogP contribution in [-0.2, 0) is 39.5 Å². The van der Waals surface area contributed by atoms with Gasteiger partial charge in [-0.1, -0.05) is 36.4 Å². The molecule has 0 aliphatic carbocycles. The van der Waals surface area contributed by atoms with E-state index in [1.165, 1.54) is 0 Å². The van der Waals surface area contributed by atoms with Gasteiger partial charge in [0.2, 0.25) is 5.91 Å². The Bertz CT molecular complexity index is 956. The molecular weight excluding hydrogens is 372 g/mol. The molecule has 1 heterocycles. The van der Waals surface area contributed by atoms with Crippen molar-refractivity contribution >= 4 is 22.1 Å². The van der Waals surface area contributed by atoms with Gasteiger partial charge in [0.05, 0.1) is 18.7 Å². The predicted molar refractivity (Wildman–Crippen MR) is 95.4 cm³/mol. The molecule has 1 saturated heterocycles. The molecule has 1 amide bonds. The van der Waals surface area contributed by atoms with Gasteiger partial charge in [0.1, 0.15) is 6.61 Å². The summed E-state index contributed by atoms with van der Waals surface area (Å²) >= 11 is 0. The molecule has 0 aromatic heterocycles. The van der Waals surface area contributed by atoms with Gasteiger partial charge >= 0.3 is 16.2 Å². The maximum atomic E-state index is 12.1. The number of amides is 1. The normalized spacial score (nSPS) is 16.1. The van der Waals surface area contributed by atoms with Gasteiger partial charge in [0.25, 0.3) is 0 Å². The summed E-state index contributed by atoms with van der Waals surface area (Å²) < 4.78 is 31.6. The minimum atomic E-state index is -3.78. The molecular formula is C18H18N2O6S. The standard InChI is InChI=1S/C18H18N2O6S/c21-11-14-2-1-3-15(8-14)12-26-18(23)16-6-4-13(5-7-16)9-20-10-17(22)19-27(20,24)25/h1-8,21H,9-12H2,(H,19,22). The molecule has 0 unspecified atom stereocenters. The summed E-state index contributed by atoms with van der Waals surface area (Å²) in [5.41, 5.74) is 2.47. The first kappa shape index (κ1) is 19.0. The topological polar surface area (TPSA) is 113 Å². The van der Waals surface area contributed by atoms with Crippen molar-refractivity contribution in [2.75, 3.05) is 6.54 Å². The number of hydrogen-bond acceptors (Lipinski definition) is 6. The molecule has 142 valence electrons. The number of nitrogens with zero attached hydrogens (tertiary/aromatic N) is 1. The molecule has 0 spiro atoms. The van der Waals surface area contributed by atoms with Gasteiger partial charge in [-0.25, -0.2) is 9.52 Å². The highest BCUT2D eigenvalue weighted by Gasteiger charge is 2.33. The zero-order valence-electron chi connectivity index (χ0n) is 14.3. The molecule has 1 fully saturated rings. The van der Waals surface area contributed by atoms with E-state index >= 15 is 0 Å². The first-order valence-corrected chi connectivity index (χ1v) is 9.57. The maximum Gasteiger partial charge on any atom is 0.338 e. The number of nitrogens with one attached hydrogen (secondary N) is 1. The van der Waals surface area contributed by atoms with Crippen molar-refractivity contribution in [3.05, 3.63) is 70.8 Å². The van der Waals surface area contributed by atoms with Crippen LogP contribution in [0.4, 0.5) is 0 Å². The third-order valence-corrected chi connectivity index (χ3v) is 5.42. The minimum Gasteiger partial charge on any atom is -0.457 e. The van der Waals surface area contributed by atoms with E-state index in [0.29, 0.717) is 11.1 Å². The number of aliphatic hydroxyl groups excluding tert-OH is 1. The lowest BCUT2D eigenvalue weighted by molar-refractivity contribution is -0.118. The first-order chi connectivity index (χ1) is 12.9. The van der Waals surface area contributed by atoms with Gasteiger partial charge in [0, 0.05) is 6.54 Å². The van der Waals surface area contributed by atoms with Crippen molar-refractivity contribution in [1.82, 2.24) is 9.03 Å². The monoisotopic (exact) mass is 390 g/mol. The lowest BCUT2D eigenvalue weighted by Gasteiger charge is -2.12. The molecule has 0 bridgehead atoms. The lowest BCUT2D eigenvalue weighted by Crippen LogP contribution is -2.29. The molecule has 0 saturated carbocycles. The van der Waals surface area contributed by atoms with Crippen LogP contribution in [0.15, 0.2) is 48.5 Å². The Hall–Kier alpha value is -2.75. The van der Waals surface area contributed by atoms with Crippen molar-refractivity contribution in [2.24, 2.45) is 0 Å². The van der Waals surface area contributed by atoms with Crippen molar-refractivity contribution < 1.29 is 27.9 Å². The quantitative estimate of drug-likeness (QED) is 0.703. The molecule has 1 aliphatic rings. The largest absolute Gasteiger partial charge is 0.457 e. The van der Waals surface area contributed by atoms with E-state index in [4.69, 9.17) is 9.84 Å². The summed E-state index contributed by atoms with van der Waals surface area (Å²) in [7, 11) is -3.78. The SMILES string of the molecule is O=C1CN(Cc2ccc(C(=O)OCc3cccc(CO)c3)cc2)S(=O)(=O)N1. The van der Waals surface area contributed by atoms with E-state index in [-0.39, 0.29) is 26.3 Å². The first-order valence-electron chi connectivity index (χ1n) is 8.13. The Morgan fingerprint density at radius 3 is 2.44 bits per heavy atom. The number of benzene rings is 2. The van der Waals surface area contributed by atoms with E-state index in [9.17, 15) is 18.0 Å². The van der Waals surface area contributed by atoms with E-state index in [1.54, 1.807) is 48.5 Å². The van der Waals surface area contributed by atoms with E-state index in [0.717, 1.165) is 15.4 Å². The maximum absolute atomic E-state index is 12.1. The van der Waals surface area contributed by atoms with Crippen LogP contribution in [0.2, 0.25) is 0 Å². The molecule has 9 heteroatoms. The van der Waals surface area contributed by atoms with Gasteiger partial charge in [0.15, 0.2) is 0 Å². The fourth-order valence-electron chi connectivity index (χ4n) is 2.63. The van der Waals surface area contributed by atoms with Crippen molar-refractivity contribution in [3.8, 4) is 0 Å². The average molecular weight is 390 g/mol. The molecule has 8 nitrogen and oxygen atoms in total. The van der Waals surface area contributed by atoms with E-state index < -0.39 is 22.1 Å². The molecule has 27 heavy (non-hydrogen) atoms. The Balaban J connectivity index is 1.59. The van der Waals surface area contributed by atoms with Crippen molar-refractivity contribution in [2.45, 2.75) is 19.8 Å². The third-order valence-electron chi connectivity index (χ3n) is 4.00. The number of hydrogen-bond donors (Lipinski definition) is 2. The highest BCUT2D eigenvalue weighted by molar-refractivity contribution is 7.88. The van der Waals surface area contributed by atoms with Crippen LogP contribution in [0, 0.1) is 0 Å². The third kappa shape index (κ3) is 4.70. The highest BCUT2D eigenvalue weighted by atomic mass is 32.2. The Labute approximate surface area is 156 Å². The predicted octanol–water partition coefficient (Wildman–Crippen LogP) is 0.713. The molecule has 0 atom stereocenters. The van der Waals surface area contributed by atoms with Crippen LogP contribution < -0.4 is 4.72 Å². The number of ether oxygens (including phenoxy) is 1. The number of carbonyl (C=O) groups excluding carboxylic acids is 2. The number of carbonyl (C=O) groups is 2. The molecule has 1 aliphatic heterocycles.